The number of rotatable bonds is 6. The Morgan fingerprint density at radius 3 is 2.37 bits per heavy atom. The lowest BCUT2D eigenvalue weighted by atomic mass is 9.77. The van der Waals surface area contributed by atoms with E-state index in [0.717, 1.165) is 23.5 Å². The minimum absolute atomic E-state index is 0.757. The van der Waals surface area contributed by atoms with Gasteiger partial charge in [0.15, 0.2) is 0 Å². The van der Waals surface area contributed by atoms with Crippen molar-refractivity contribution in [1.82, 2.24) is 0 Å². The second-order valence-electron chi connectivity index (χ2n) is 5.76. The number of hydrogen-bond donors (Lipinski definition) is 0. The Kier molecular flexibility index (Phi) is 6.19. The first-order chi connectivity index (χ1) is 9.29. The van der Waals surface area contributed by atoms with E-state index in [1.807, 2.05) is 12.1 Å². The predicted molar refractivity (Wildman–Crippen MR) is 81.9 cm³/mol. The van der Waals surface area contributed by atoms with Gasteiger partial charge in [-0.25, -0.2) is 0 Å². The molecule has 0 atom stereocenters. The number of benzene rings is 1. The number of halogens is 1. The van der Waals surface area contributed by atoms with Crippen LogP contribution in [0.3, 0.4) is 0 Å². The van der Waals surface area contributed by atoms with Gasteiger partial charge in [0.2, 0.25) is 0 Å². The van der Waals surface area contributed by atoms with Crippen molar-refractivity contribution < 1.29 is 4.74 Å². The average Bonchev–Trinajstić information content (AvgIpc) is 2.45. The minimum Gasteiger partial charge on any atom is -0.385 e. The normalized spacial score (nSPS) is 23.5. The van der Waals surface area contributed by atoms with Crippen LogP contribution < -0.4 is 0 Å². The molecule has 0 radical (unpaired) electrons. The van der Waals surface area contributed by atoms with Gasteiger partial charge in [0, 0.05) is 18.7 Å². The smallest absolute Gasteiger partial charge is 0.0462 e. The summed E-state index contributed by atoms with van der Waals surface area (Å²) in [4.78, 5) is 0. The topological polar surface area (TPSA) is 9.23 Å². The standard InChI is InChI=1S/C17H25ClO/c1-19-13-3-2-4-14-5-7-15(8-6-14)16-9-11-17(18)12-10-16/h9-12,14-15H,2-8,13H2,1H3/t14-,15-. The molecule has 1 aromatic carbocycles. The molecule has 0 spiro atoms. The molecule has 19 heavy (non-hydrogen) atoms. The molecule has 0 N–H and O–H groups in total. The Morgan fingerprint density at radius 1 is 1.05 bits per heavy atom. The van der Waals surface area contributed by atoms with Gasteiger partial charge in [-0.1, -0.05) is 36.6 Å². The molecule has 2 heteroatoms. The molecule has 106 valence electrons. The summed E-state index contributed by atoms with van der Waals surface area (Å²) in [6.07, 6.45) is 9.39. The van der Waals surface area contributed by atoms with E-state index >= 15 is 0 Å². The zero-order valence-electron chi connectivity index (χ0n) is 11.9. The maximum Gasteiger partial charge on any atom is 0.0462 e. The Bertz CT molecular complexity index is 352. The summed E-state index contributed by atoms with van der Waals surface area (Å²) in [6, 6.07) is 8.44. The van der Waals surface area contributed by atoms with Crippen LogP contribution in [0.15, 0.2) is 24.3 Å². The molecular weight excluding hydrogens is 256 g/mol. The first-order valence-electron chi connectivity index (χ1n) is 7.54. The molecule has 1 saturated carbocycles. The molecule has 1 aliphatic carbocycles. The lowest BCUT2D eigenvalue weighted by Crippen LogP contribution is -2.13. The highest BCUT2D eigenvalue weighted by molar-refractivity contribution is 6.30. The highest BCUT2D eigenvalue weighted by Gasteiger charge is 2.21. The fourth-order valence-corrected chi connectivity index (χ4v) is 3.32. The summed E-state index contributed by atoms with van der Waals surface area (Å²) in [5.74, 6) is 1.70. The second kappa shape index (κ2) is 7.91. The summed E-state index contributed by atoms with van der Waals surface area (Å²) in [5, 5.41) is 0.843. The van der Waals surface area contributed by atoms with Gasteiger partial charge in [-0.15, -0.1) is 0 Å². The summed E-state index contributed by atoms with van der Waals surface area (Å²) in [7, 11) is 1.79. The van der Waals surface area contributed by atoms with Gasteiger partial charge < -0.3 is 4.74 Å². The van der Waals surface area contributed by atoms with Crippen LogP contribution in [0, 0.1) is 5.92 Å². The molecule has 0 amide bonds. The van der Waals surface area contributed by atoms with Gasteiger partial charge in [0.05, 0.1) is 0 Å². The predicted octanol–water partition coefficient (Wildman–Crippen LogP) is 5.43. The zero-order chi connectivity index (χ0) is 13.5. The van der Waals surface area contributed by atoms with E-state index in [-0.39, 0.29) is 0 Å². The highest BCUT2D eigenvalue weighted by Crippen LogP contribution is 2.37. The second-order valence-corrected chi connectivity index (χ2v) is 6.19. The molecule has 0 aromatic heterocycles. The fraction of sp³-hybridized carbons (Fsp3) is 0.647. The fourth-order valence-electron chi connectivity index (χ4n) is 3.20. The molecule has 0 bridgehead atoms. The van der Waals surface area contributed by atoms with E-state index in [1.165, 1.54) is 50.5 Å². The van der Waals surface area contributed by atoms with Crippen LogP contribution in [0.4, 0.5) is 0 Å². The van der Waals surface area contributed by atoms with Crippen molar-refractivity contribution in [2.24, 2.45) is 5.92 Å². The number of hydrogen-bond acceptors (Lipinski definition) is 1. The van der Waals surface area contributed by atoms with Crippen LogP contribution in [0.5, 0.6) is 0 Å². The van der Waals surface area contributed by atoms with E-state index < -0.39 is 0 Å². The summed E-state index contributed by atoms with van der Waals surface area (Å²) >= 11 is 5.95. The Labute approximate surface area is 122 Å². The van der Waals surface area contributed by atoms with Crippen molar-refractivity contribution in [3.63, 3.8) is 0 Å². The molecule has 0 saturated heterocycles. The Morgan fingerprint density at radius 2 is 1.74 bits per heavy atom. The molecule has 0 aliphatic heterocycles. The van der Waals surface area contributed by atoms with Gasteiger partial charge in [-0.3, -0.25) is 0 Å². The molecule has 0 unspecified atom stereocenters. The molecular formula is C17H25ClO. The van der Waals surface area contributed by atoms with Crippen LogP contribution in [-0.4, -0.2) is 13.7 Å². The van der Waals surface area contributed by atoms with Crippen LogP contribution in [0.25, 0.3) is 0 Å². The quantitative estimate of drug-likeness (QED) is 0.631. The average molecular weight is 281 g/mol. The van der Waals surface area contributed by atoms with Gasteiger partial charge in [0.1, 0.15) is 0 Å². The van der Waals surface area contributed by atoms with E-state index in [9.17, 15) is 0 Å². The summed E-state index contributed by atoms with van der Waals surface area (Å²) in [6.45, 7) is 0.917. The van der Waals surface area contributed by atoms with E-state index in [2.05, 4.69) is 12.1 Å². The Balaban J connectivity index is 1.71. The minimum atomic E-state index is 0.757. The third-order valence-electron chi connectivity index (χ3n) is 4.40. The summed E-state index contributed by atoms with van der Waals surface area (Å²) < 4.78 is 5.10. The van der Waals surface area contributed by atoms with Gasteiger partial charge in [0.25, 0.3) is 0 Å². The maximum atomic E-state index is 5.95. The van der Waals surface area contributed by atoms with Crippen molar-refractivity contribution in [1.29, 1.82) is 0 Å². The van der Waals surface area contributed by atoms with E-state index in [0.29, 0.717) is 0 Å². The van der Waals surface area contributed by atoms with Crippen molar-refractivity contribution >= 4 is 11.6 Å². The first-order valence-corrected chi connectivity index (χ1v) is 7.92. The highest BCUT2D eigenvalue weighted by atomic mass is 35.5. The molecule has 0 heterocycles. The van der Waals surface area contributed by atoms with Crippen molar-refractivity contribution in [2.45, 2.75) is 50.9 Å². The lowest BCUT2D eigenvalue weighted by molar-refractivity contribution is 0.187. The van der Waals surface area contributed by atoms with Crippen molar-refractivity contribution in [3.05, 3.63) is 34.9 Å². The third-order valence-corrected chi connectivity index (χ3v) is 4.65. The molecule has 1 fully saturated rings. The van der Waals surface area contributed by atoms with Crippen LogP contribution in [-0.2, 0) is 4.74 Å². The zero-order valence-corrected chi connectivity index (χ0v) is 12.7. The number of ether oxygens (including phenoxy) is 1. The molecule has 1 aliphatic rings. The first kappa shape index (κ1) is 14.9. The Hall–Kier alpha value is -0.530. The lowest BCUT2D eigenvalue weighted by Gasteiger charge is -2.28. The van der Waals surface area contributed by atoms with Crippen molar-refractivity contribution in [3.8, 4) is 0 Å². The van der Waals surface area contributed by atoms with E-state index in [1.54, 1.807) is 7.11 Å². The third kappa shape index (κ3) is 4.81. The van der Waals surface area contributed by atoms with Gasteiger partial charge in [-0.2, -0.15) is 0 Å². The van der Waals surface area contributed by atoms with Gasteiger partial charge in [-0.05, 0) is 61.6 Å². The summed E-state index contributed by atoms with van der Waals surface area (Å²) in [5.41, 5.74) is 1.47. The monoisotopic (exact) mass is 280 g/mol. The SMILES string of the molecule is COCCCC[C@H]1CC[C@H](c2ccc(Cl)cc2)CC1. The van der Waals surface area contributed by atoms with Crippen LogP contribution in [0.2, 0.25) is 5.02 Å². The number of unbranched alkanes of at least 4 members (excludes halogenated alkanes) is 1. The molecule has 1 aromatic rings. The van der Waals surface area contributed by atoms with E-state index in [4.69, 9.17) is 16.3 Å². The molecule has 2 rings (SSSR count). The van der Waals surface area contributed by atoms with Gasteiger partial charge >= 0.3 is 0 Å². The number of methoxy groups -OCH3 is 1. The maximum absolute atomic E-state index is 5.95. The van der Waals surface area contributed by atoms with Crippen LogP contribution in [0.1, 0.15) is 56.4 Å². The van der Waals surface area contributed by atoms with Crippen LogP contribution >= 0.6 is 11.6 Å². The largest absolute Gasteiger partial charge is 0.385 e. The molecule has 1 nitrogen and oxygen atoms in total. The van der Waals surface area contributed by atoms with Crippen molar-refractivity contribution in [2.75, 3.05) is 13.7 Å².